The Morgan fingerprint density at radius 2 is 1.93 bits per heavy atom. The predicted octanol–water partition coefficient (Wildman–Crippen LogP) is 3.22. The maximum Gasteiger partial charge on any atom is 0.264 e. The van der Waals surface area contributed by atoms with Crippen LogP contribution in [-0.4, -0.2) is 27.9 Å². The molecule has 1 aliphatic rings. The molecule has 1 aliphatic heterocycles. The Bertz CT molecular complexity index is 1040. The van der Waals surface area contributed by atoms with Crippen molar-refractivity contribution in [1.82, 2.24) is 10.3 Å². The number of anilines is 1. The van der Waals surface area contributed by atoms with Crippen molar-refractivity contribution in [2.75, 3.05) is 5.32 Å². The van der Waals surface area contributed by atoms with Crippen LogP contribution in [0.4, 0.5) is 5.69 Å². The lowest BCUT2D eigenvalue weighted by molar-refractivity contribution is -0.122. The number of aliphatic hydroxyl groups excluding tert-OH is 1. The van der Waals surface area contributed by atoms with E-state index in [4.69, 9.17) is 4.42 Å². The molecule has 0 bridgehead atoms. The van der Waals surface area contributed by atoms with Gasteiger partial charge in [-0.3, -0.25) is 9.59 Å². The molecule has 7 nitrogen and oxygen atoms in total. The van der Waals surface area contributed by atoms with Gasteiger partial charge in [-0.05, 0) is 36.2 Å². The monoisotopic (exact) mass is 389 g/mol. The maximum atomic E-state index is 12.5. The zero-order chi connectivity index (χ0) is 20.2. The lowest BCUT2D eigenvalue weighted by atomic mass is 9.96. The second-order valence-electron chi connectivity index (χ2n) is 6.78. The Morgan fingerprint density at radius 3 is 2.59 bits per heavy atom. The first-order valence-corrected chi connectivity index (χ1v) is 9.17. The van der Waals surface area contributed by atoms with Crippen molar-refractivity contribution in [2.24, 2.45) is 0 Å². The number of hydrogen-bond donors (Lipinski definition) is 3. The summed E-state index contributed by atoms with van der Waals surface area (Å²) < 4.78 is 5.22. The Labute approximate surface area is 167 Å². The number of amides is 2. The molecule has 29 heavy (non-hydrogen) atoms. The number of carbonyl (C=O) groups excluding carboxylic acids is 2. The third kappa shape index (κ3) is 4.19. The van der Waals surface area contributed by atoms with Gasteiger partial charge in [0.05, 0.1) is 6.20 Å². The molecule has 0 aliphatic carbocycles. The van der Waals surface area contributed by atoms with Crippen molar-refractivity contribution in [3.8, 4) is 11.3 Å². The Hall–Kier alpha value is -3.87. The molecule has 3 aromatic rings. The summed E-state index contributed by atoms with van der Waals surface area (Å²) in [6, 6.07) is 16.3. The van der Waals surface area contributed by atoms with Gasteiger partial charge in [0.25, 0.3) is 11.8 Å². The topological polar surface area (TPSA) is 104 Å². The van der Waals surface area contributed by atoms with Gasteiger partial charge in [0.15, 0.2) is 12.2 Å². The summed E-state index contributed by atoms with van der Waals surface area (Å²) in [6.45, 7) is 0. The summed E-state index contributed by atoms with van der Waals surface area (Å²) in [5.74, 6) is -0.819. The van der Waals surface area contributed by atoms with E-state index < -0.39 is 11.8 Å². The zero-order valence-corrected chi connectivity index (χ0v) is 15.5. The number of nitrogens with zero attached hydrogens (tertiary/aromatic N) is 1. The first kappa shape index (κ1) is 18.5. The number of benzene rings is 2. The van der Waals surface area contributed by atoms with Crippen LogP contribution >= 0.6 is 0 Å². The number of aliphatic hydroxyl groups is 1. The standard InChI is InChI=1S/C22H19N3O4/c26-18-11-17(10-14-4-2-1-3-5-14)25-22(28)20(18)21(27)24-16-8-6-15(7-9-16)19-12-23-13-29-19/h1-9,12-13,17,26H,10-11H2,(H,24,27)(H,25,28). The minimum atomic E-state index is -0.648. The molecule has 2 amide bonds. The van der Waals surface area contributed by atoms with Gasteiger partial charge in [-0.1, -0.05) is 30.3 Å². The second kappa shape index (κ2) is 8.02. The fourth-order valence-corrected chi connectivity index (χ4v) is 3.30. The van der Waals surface area contributed by atoms with Gasteiger partial charge in [0.2, 0.25) is 0 Å². The lowest BCUT2D eigenvalue weighted by Crippen LogP contribution is -2.44. The van der Waals surface area contributed by atoms with E-state index in [9.17, 15) is 14.7 Å². The summed E-state index contributed by atoms with van der Waals surface area (Å²) in [7, 11) is 0. The molecule has 2 heterocycles. The van der Waals surface area contributed by atoms with Crippen LogP contribution in [0, 0.1) is 0 Å². The molecule has 146 valence electrons. The van der Waals surface area contributed by atoms with Crippen molar-refractivity contribution >= 4 is 17.5 Å². The number of aromatic nitrogens is 1. The van der Waals surface area contributed by atoms with Gasteiger partial charge in [-0.2, -0.15) is 0 Å². The van der Waals surface area contributed by atoms with Gasteiger partial charge < -0.3 is 20.2 Å². The van der Waals surface area contributed by atoms with Crippen LogP contribution in [0.2, 0.25) is 0 Å². The van der Waals surface area contributed by atoms with Crippen molar-refractivity contribution < 1.29 is 19.1 Å². The van der Waals surface area contributed by atoms with Gasteiger partial charge in [-0.15, -0.1) is 0 Å². The van der Waals surface area contributed by atoms with E-state index in [1.807, 2.05) is 30.3 Å². The zero-order valence-electron chi connectivity index (χ0n) is 15.5. The van der Waals surface area contributed by atoms with E-state index >= 15 is 0 Å². The molecular weight excluding hydrogens is 370 g/mol. The third-order valence-electron chi connectivity index (χ3n) is 4.70. The van der Waals surface area contributed by atoms with Crippen molar-refractivity contribution in [3.63, 3.8) is 0 Å². The molecule has 0 fully saturated rings. The minimum Gasteiger partial charge on any atom is -0.511 e. The molecule has 1 aromatic heterocycles. The summed E-state index contributed by atoms with van der Waals surface area (Å²) >= 11 is 0. The van der Waals surface area contributed by atoms with Crippen LogP contribution in [0.3, 0.4) is 0 Å². The average molecular weight is 389 g/mol. The highest BCUT2D eigenvalue weighted by atomic mass is 16.3. The smallest absolute Gasteiger partial charge is 0.264 e. The minimum absolute atomic E-state index is 0.202. The van der Waals surface area contributed by atoms with Crippen LogP contribution in [-0.2, 0) is 16.0 Å². The first-order valence-electron chi connectivity index (χ1n) is 9.17. The molecule has 0 saturated carbocycles. The van der Waals surface area contributed by atoms with E-state index in [0.717, 1.165) is 11.1 Å². The maximum absolute atomic E-state index is 12.5. The summed E-state index contributed by atoms with van der Waals surface area (Å²) in [5, 5.41) is 15.8. The van der Waals surface area contributed by atoms with Gasteiger partial charge in [0.1, 0.15) is 11.3 Å². The highest BCUT2D eigenvalue weighted by Crippen LogP contribution is 2.23. The molecular formula is C22H19N3O4. The number of rotatable bonds is 5. The average Bonchev–Trinajstić information content (AvgIpc) is 3.23. The normalized spacial score (nSPS) is 16.4. The van der Waals surface area contributed by atoms with E-state index in [1.165, 1.54) is 6.39 Å². The highest BCUT2D eigenvalue weighted by molar-refractivity contribution is 6.23. The SMILES string of the molecule is O=C(Nc1ccc(-c2cnco2)cc1)C1=C(O)CC(Cc2ccccc2)NC1=O. The van der Waals surface area contributed by atoms with Crippen LogP contribution in [0.5, 0.6) is 0 Å². The number of oxazole rings is 1. The fraction of sp³-hybridized carbons (Fsp3) is 0.136. The van der Waals surface area contributed by atoms with Gasteiger partial charge in [0, 0.05) is 23.7 Å². The Kier molecular flexibility index (Phi) is 5.11. The molecule has 7 heteroatoms. The molecule has 1 unspecified atom stereocenters. The molecule has 0 saturated heterocycles. The largest absolute Gasteiger partial charge is 0.511 e. The van der Waals surface area contributed by atoms with Crippen LogP contribution in [0.1, 0.15) is 12.0 Å². The third-order valence-corrected chi connectivity index (χ3v) is 4.70. The summed E-state index contributed by atoms with van der Waals surface area (Å²) in [6.07, 6.45) is 3.71. The van der Waals surface area contributed by atoms with Crippen LogP contribution in [0.15, 0.2) is 82.9 Å². The Balaban J connectivity index is 1.44. The van der Waals surface area contributed by atoms with Crippen molar-refractivity contribution in [2.45, 2.75) is 18.9 Å². The van der Waals surface area contributed by atoms with Gasteiger partial charge >= 0.3 is 0 Å². The summed E-state index contributed by atoms with van der Waals surface area (Å²) in [4.78, 5) is 28.9. The second-order valence-corrected chi connectivity index (χ2v) is 6.78. The van der Waals surface area contributed by atoms with Crippen LogP contribution < -0.4 is 10.6 Å². The molecule has 2 aromatic carbocycles. The number of hydrogen-bond acceptors (Lipinski definition) is 5. The fourth-order valence-electron chi connectivity index (χ4n) is 3.30. The molecule has 3 N–H and O–H groups in total. The van der Waals surface area contributed by atoms with E-state index in [2.05, 4.69) is 15.6 Å². The van der Waals surface area contributed by atoms with Crippen molar-refractivity contribution in [1.29, 1.82) is 0 Å². The number of carbonyl (C=O) groups is 2. The molecule has 0 radical (unpaired) electrons. The van der Waals surface area contributed by atoms with Crippen molar-refractivity contribution in [3.05, 3.63) is 84.1 Å². The Morgan fingerprint density at radius 1 is 1.17 bits per heavy atom. The van der Waals surface area contributed by atoms with E-state index in [0.29, 0.717) is 17.9 Å². The quantitative estimate of drug-likeness (QED) is 0.581. The summed E-state index contributed by atoms with van der Waals surface area (Å²) in [5.41, 5.74) is 2.10. The van der Waals surface area contributed by atoms with E-state index in [1.54, 1.807) is 30.5 Å². The molecule has 1 atom stereocenters. The van der Waals surface area contributed by atoms with Crippen LogP contribution in [0.25, 0.3) is 11.3 Å². The predicted molar refractivity (Wildman–Crippen MR) is 107 cm³/mol. The first-order chi connectivity index (χ1) is 14.1. The van der Waals surface area contributed by atoms with E-state index in [-0.39, 0.29) is 23.8 Å². The number of nitrogens with one attached hydrogen (secondary N) is 2. The lowest BCUT2D eigenvalue weighted by Gasteiger charge is -2.25. The molecule has 0 spiro atoms. The molecule has 4 rings (SSSR count). The highest BCUT2D eigenvalue weighted by Gasteiger charge is 2.31. The van der Waals surface area contributed by atoms with Gasteiger partial charge in [-0.25, -0.2) is 4.98 Å².